The van der Waals surface area contributed by atoms with Gasteiger partial charge in [0.2, 0.25) is 5.91 Å². The van der Waals surface area contributed by atoms with Crippen molar-refractivity contribution in [2.45, 2.75) is 20.3 Å². The zero-order valence-corrected chi connectivity index (χ0v) is 18.4. The molecule has 2 aliphatic heterocycles. The van der Waals surface area contributed by atoms with Gasteiger partial charge < -0.3 is 15.0 Å². The lowest BCUT2D eigenvalue weighted by Crippen LogP contribution is -2.24. The number of anilines is 1. The van der Waals surface area contributed by atoms with Gasteiger partial charge in [0.1, 0.15) is 17.1 Å². The number of para-hydroxylation sites is 1. The number of aryl methyl sites for hydroxylation is 2. The lowest BCUT2D eigenvalue weighted by Gasteiger charge is -2.16. The molecule has 0 unspecified atom stereocenters. The second-order valence-corrected chi connectivity index (χ2v) is 8.34. The highest BCUT2D eigenvalue weighted by Gasteiger charge is 2.27. The summed E-state index contributed by atoms with van der Waals surface area (Å²) < 4.78 is 7.17. The van der Waals surface area contributed by atoms with E-state index in [2.05, 4.69) is 20.3 Å². The number of hydrogen-bond acceptors (Lipinski definition) is 7. The van der Waals surface area contributed by atoms with Crippen molar-refractivity contribution < 1.29 is 9.53 Å². The number of ether oxygens (including phenoxy) is 1. The average Bonchev–Trinajstić information content (AvgIpc) is 3.45. The molecule has 0 atom stereocenters. The highest BCUT2D eigenvalue weighted by atomic mass is 32.2. The monoisotopic (exact) mass is 434 g/mol. The van der Waals surface area contributed by atoms with Crippen LogP contribution < -0.4 is 10.1 Å². The van der Waals surface area contributed by atoms with Crippen molar-refractivity contribution in [1.29, 1.82) is 0 Å². The number of benzene rings is 1. The molecule has 9 heteroatoms. The molecule has 0 fully saturated rings. The fourth-order valence-electron chi connectivity index (χ4n) is 3.88. The lowest BCUT2D eigenvalue weighted by atomic mass is 10.1. The summed E-state index contributed by atoms with van der Waals surface area (Å²) in [7, 11) is 1.63. The van der Waals surface area contributed by atoms with E-state index < -0.39 is 0 Å². The average molecular weight is 435 g/mol. The molecule has 1 N–H and O–H groups in total. The molecule has 2 aromatic heterocycles. The molecular formula is C22H22N6O2S. The molecule has 1 aromatic carbocycles. The largest absolute Gasteiger partial charge is 0.494 e. The van der Waals surface area contributed by atoms with E-state index in [-0.39, 0.29) is 12.3 Å². The summed E-state index contributed by atoms with van der Waals surface area (Å²) in [6.45, 7) is 5.54. The van der Waals surface area contributed by atoms with Crippen LogP contribution in [0, 0.1) is 13.8 Å². The summed E-state index contributed by atoms with van der Waals surface area (Å²) in [5, 5.41) is 11.6. The molecule has 4 heterocycles. The molecule has 0 saturated heterocycles. The Morgan fingerprint density at radius 2 is 2.16 bits per heavy atom. The van der Waals surface area contributed by atoms with E-state index in [1.54, 1.807) is 23.6 Å². The van der Waals surface area contributed by atoms with Crippen molar-refractivity contribution in [1.82, 2.24) is 19.7 Å². The van der Waals surface area contributed by atoms with Crippen molar-refractivity contribution in [3.63, 3.8) is 0 Å². The first-order valence-corrected chi connectivity index (χ1v) is 10.9. The van der Waals surface area contributed by atoms with Crippen molar-refractivity contribution >= 4 is 39.6 Å². The number of aliphatic imine (C=N–C) groups is 1. The lowest BCUT2D eigenvalue weighted by molar-refractivity contribution is -0.115. The van der Waals surface area contributed by atoms with Gasteiger partial charge in [-0.2, -0.15) is 9.78 Å². The number of nitrogens with zero attached hydrogens (tertiary/aromatic N) is 5. The zero-order chi connectivity index (χ0) is 21.5. The van der Waals surface area contributed by atoms with Crippen LogP contribution in [0.5, 0.6) is 5.75 Å². The maximum atomic E-state index is 12.8. The normalized spacial score (nSPS) is 15.1. The minimum atomic E-state index is -0.101. The minimum absolute atomic E-state index is 0.101. The Bertz CT molecular complexity index is 1260. The number of rotatable bonds is 5. The first-order chi connectivity index (χ1) is 15.0. The first kappa shape index (κ1) is 19.6. The van der Waals surface area contributed by atoms with Gasteiger partial charge in [-0.05, 0) is 37.0 Å². The summed E-state index contributed by atoms with van der Waals surface area (Å²) in [5.74, 6) is 1.81. The van der Waals surface area contributed by atoms with Crippen LogP contribution >= 0.6 is 11.8 Å². The van der Waals surface area contributed by atoms with Gasteiger partial charge in [0.15, 0.2) is 11.0 Å². The molecule has 0 saturated carbocycles. The number of amidine groups is 1. The van der Waals surface area contributed by atoms with Crippen LogP contribution in [0.3, 0.4) is 0 Å². The van der Waals surface area contributed by atoms with Gasteiger partial charge in [0, 0.05) is 23.7 Å². The van der Waals surface area contributed by atoms with Crippen LogP contribution in [-0.4, -0.2) is 50.9 Å². The third kappa shape index (κ3) is 3.54. The van der Waals surface area contributed by atoms with Crippen molar-refractivity contribution in [2.75, 3.05) is 25.5 Å². The first-order valence-electron chi connectivity index (χ1n) is 10.0. The molecule has 5 rings (SSSR count). The highest BCUT2D eigenvalue weighted by molar-refractivity contribution is 8.16. The number of methoxy groups -OCH3 is 1. The third-order valence-electron chi connectivity index (χ3n) is 5.32. The van der Waals surface area contributed by atoms with Gasteiger partial charge in [-0.1, -0.05) is 23.9 Å². The molecule has 158 valence electrons. The molecule has 0 bridgehead atoms. The number of nitrogens with one attached hydrogen (secondary N) is 1. The second-order valence-electron chi connectivity index (χ2n) is 7.50. The Labute approximate surface area is 184 Å². The van der Waals surface area contributed by atoms with Gasteiger partial charge in [0.25, 0.3) is 0 Å². The number of pyridine rings is 1. The Hall–Kier alpha value is -3.33. The van der Waals surface area contributed by atoms with Crippen LogP contribution in [-0.2, 0) is 4.79 Å². The van der Waals surface area contributed by atoms with E-state index in [0.717, 1.165) is 46.1 Å². The summed E-state index contributed by atoms with van der Waals surface area (Å²) >= 11 is 1.57. The number of aromatic nitrogens is 3. The number of thioether (sulfide) groups is 1. The van der Waals surface area contributed by atoms with E-state index in [1.807, 2.05) is 49.6 Å². The van der Waals surface area contributed by atoms with E-state index in [0.29, 0.717) is 17.4 Å². The molecule has 0 aliphatic carbocycles. The number of carbonyl (C=O) groups is 1. The summed E-state index contributed by atoms with van der Waals surface area (Å²) in [5.41, 5.74) is 3.59. The number of amides is 1. The topological polar surface area (TPSA) is 84.6 Å². The molecule has 2 aliphatic rings. The van der Waals surface area contributed by atoms with Crippen LogP contribution in [0.2, 0.25) is 0 Å². The summed E-state index contributed by atoms with van der Waals surface area (Å²) in [6, 6.07) is 9.67. The molecular weight excluding hydrogens is 412 g/mol. The van der Waals surface area contributed by atoms with Crippen LogP contribution in [0.25, 0.3) is 16.7 Å². The SMILES string of the molecule is COc1cccc2c(C)cc(-n3nc(C)cc3NC(=O)CC3=CSC4=NCCN34)nc12. The Morgan fingerprint density at radius 1 is 1.29 bits per heavy atom. The van der Waals surface area contributed by atoms with Crippen molar-refractivity contribution in [2.24, 2.45) is 4.99 Å². The Balaban J connectivity index is 1.44. The minimum Gasteiger partial charge on any atom is -0.494 e. The second kappa shape index (κ2) is 7.73. The zero-order valence-electron chi connectivity index (χ0n) is 17.5. The molecule has 0 radical (unpaired) electrons. The standard InChI is InChI=1S/C22H22N6O2S/c1-13-9-18(25-21-16(13)5-4-6-17(21)30-3)28-19(10-14(2)26-28)24-20(29)11-15-12-31-22-23-7-8-27(15)22/h4-6,9-10,12H,7-8,11H2,1-3H3,(H,24,29). The van der Waals surface area contributed by atoms with Crippen LogP contribution in [0.15, 0.2) is 46.4 Å². The van der Waals surface area contributed by atoms with Crippen molar-refractivity contribution in [3.8, 4) is 11.6 Å². The van der Waals surface area contributed by atoms with Crippen LogP contribution in [0.1, 0.15) is 17.7 Å². The smallest absolute Gasteiger partial charge is 0.231 e. The van der Waals surface area contributed by atoms with Gasteiger partial charge in [-0.25, -0.2) is 4.98 Å². The number of hydrogen-bond donors (Lipinski definition) is 1. The van der Waals surface area contributed by atoms with Crippen LogP contribution in [0.4, 0.5) is 5.82 Å². The maximum absolute atomic E-state index is 12.8. The van der Waals surface area contributed by atoms with Crippen molar-refractivity contribution in [3.05, 3.63) is 52.7 Å². The Kier molecular flexibility index (Phi) is 4.90. The predicted octanol–water partition coefficient (Wildman–Crippen LogP) is 3.63. The summed E-state index contributed by atoms with van der Waals surface area (Å²) in [4.78, 5) is 24.1. The highest BCUT2D eigenvalue weighted by Crippen LogP contribution is 2.31. The van der Waals surface area contributed by atoms with Gasteiger partial charge in [0.05, 0.1) is 25.8 Å². The fourth-order valence-corrected chi connectivity index (χ4v) is 4.83. The van der Waals surface area contributed by atoms with E-state index >= 15 is 0 Å². The van der Waals surface area contributed by atoms with Gasteiger partial charge in [-0.15, -0.1) is 0 Å². The quantitative estimate of drug-likeness (QED) is 0.660. The van der Waals surface area contributed by atoms with E-state index in [9.17, 15) is 4.79 Å². The summed E-state index contributed by atoms with van der Waals surface area (Å²) in [6.07, 6.45) is 0.286. The van der Waals surface area contributed by atoms with Gasteiger partial charge in [-0.3, -0.25) is 9.79 Å². The number of carbonyl (C=O) groups excluding carboxylic acids is 1. The molecule has 1 amide bonds. The van der Waals surface area contributed by atoms with Gasteiger partial charge >= 0.3 is 0 Å². The molecule has 8 nitrogen and oxygen atoms in total. The molecule has 31 heavy (non-hydrogen) atoms. The maximum Gasteiger partial charge on any atom is 0.231 e. The van der Waals surface area contributed by atoms with E-state index in [4.69, 9.17) is 9.72 Å². The fraction of sp³-hybridized carbons (Fsp3) is 0.273. The Morgan fingerprint density at radius 3 is 3.00 bits per heavy atom. The van der Waals surface area contributed by atoms with E-state index in [1.165, 1.54) is 0 Å². The molecule has 3 aromatic rings. The molecule has 0 spiro atoms. The predicted molar refractivity (Wildman–Crippen MR) is 123 cm³/mol. The number of fused-ring (bicyclic) bond motifs is 2. The third-order valence-corrected chi connectivity index (χ3v) is 6.27.